The van der Waals surface area contributed by atoms with Crippen molar-refractivity contribution >= 4 is 25.7 Å². The molecule has 0 N–H and O–H groups in total. The van der Waals surface area contributed by atoms with Crippen LogP contribution in [-0.4, -0.2) is 39.3 Å². The lowest BCUT2D eigenvalue weighted by Crippen LogP contribution is -2.13. The number of methoxy groups -OCH3 is 1. The molecule has 1 fully saturated rings. The highest BCUT2D eigenvalue weighted by molar-refractivity contribution is 8.13. The topological polar surface area (TPSA) is 74.6 Å². The minimum Gasteiger partial charge on any atom is -0.459 e. The number of nitrogens with zero attached hydrogens (tertiary/aromatic N) is 1. The fourth-order valence-corrected chi connectivity index (χ4v) is 2.44. The van der Waals surface area contributed by atoms with Crippen molar-refractivity contribution in [2.45, 2.75) is 23.8 Å². The number of rotatable bonds is 6. The van der Waals surface area contributed by atoms with Crippen LogP contribution in [0.5, 0.6) is 0 Å². The molecule has 2 rings (SSSR count). The first-order valence-electron chi connectivity index (χ1n) is 5.76. The highest BCUT2D eigenvalue weighted by Gasteiger charge is 2.30. The molecule has 0 radical (unpaired) electrons. The van der Waals surface area contributed by atoms with E-state index in [0.717, 1.165) is 12.8 Å². The van der Waals surface area contributed by atoms with Gasteiger partial charge in [0.2, 0.25) is 0 Å². The third kappa shape index (κ3) is 3.49. The summed E-state index contributed by atoms with van der Waals surface area (Å²) in [6, 6.07) is 1.40. The molecule has 0 bridgehead atoms. The van der Waals surface area contributed by atoms with E-state index in [4.69, 9.17) is 20.2 Å². The van der Waals surface area contributed by atoms with Crippen LogP contribution in [0.1, 0.15) is 29.4 Å². The molecule has 8 heteroatoms. The summed E-state index contributed by atoms with van der Waals surface area (Å²) in [6.07, 6.45) is 3.20. The van der Waals surface area contributed by atoms with Crippen LogP contribution in [0.3, 0.4) is 0 Å². The number of halogens is 1. The molecule has 1 aromatic heterocycles. The van der Waals surface area contributed by atoms with Gasteiger partial charge in [0.05, 0.1) is 6.61 Å². The van der Waals surface area contributed by atoms with Gasteiger partial charge in [-0.05, 0) is 18.9 Å². The number of ether oxygens (including phenoxy) is 2. The van der Waals surface area contributed by atoms with Crippen molar-refractivity contribution in [3.05, 3.63) is 18.0 Å². The Morgan fingerprint density at radius 1 is 1.47 bits per heavy atom. The van der Waals surface area contributed by atoms with Crippen LogP contribution < -0.4 is 0 Å². The summed E-state index contributed by atoms with van der Waals surface area (Å²) >= 11 is 0. The van der Waals surface area contributed by atoms with Crippen LogP contribution >= 0.6 is 10.7 Å². The Hall–Kier alpha value is -1.05. The Labute approximate surface area is 115 Å². The summed E-state index contributed by atoms with van der Waals surface area (Å²) < 4.78 is 34.0. The fraction of sp³-hybridized carbons (Fsp3) is 0.545. The zero-order valence-electron chi connectivity index (χ0n) is 10.3. The van der Waals surface area contributed by atoms with E-state index in [2.05, 4.69) is 0 Å². The van der Waals surface area contributed by atoms with E-state index in [-0.39, 0.29) is 29.8 Å². The molecule has 19 heavy (non-hydrogen) atoms. The van der Waals surface area contributed by atoms with Gasteiger partial charge < -0.3 is 14.0 Å². The molecule has 0 spiro atoms. The third-order valence-corrected chi connectivity index (χ3v) is 4.10. The standard InChI is InChI=1S/C11H14ClNO5S/c1-17-4-5-18-11(14)10-6-9(19(12,15)16)7-13(10)8-2-3-8/h6-8H,2-5H2,1H3. The van der Waals surface area contributed by atoms with Gasteiger partial charge in [-0.1, -0.05) is 0 Å². The number of aromatic nitrogens is 1. The molecule has 0 amide bonds. The summed E-state index contributed by atoms with van der Waals surface area (Å²) in [5, 5.41) is 0. The van der Waals surface area contributed by atoms with Crippen molar-refractivity contribution in [1.82, 2.24) is 4.57 Å². The summed E-state index contributed by atoms with van der Waals surface area (Å²) in [5.74, 6) is -0.574. The fourth-order valence-electron chi connectivity index (χ4n) is 1.70. The Kier molecular flexibility index (Phi) is 4.17. The molecule has 0 aliphatic heterocycles. The Balaban J connectivity index is 2.23. The first-order valence-corrected chi connectivity index (χ1v) is 8.07. The Morgan fingerprint density at radius 2 is 2.16 bits per heavy atom. The molecule has 0 atom stereocenters. The SMILES string of the molecule is COCCOC(=O)c1cc(S(=O)(=O)Cl)cn1C1CC1. The summed E-state index contributed by atoms with van der Waals surface area (Å²) in [6.45, 7) is 0.407. The van der Waals surface area contributed by atoms with E-state index >= 15 is 0 Å². The second kappa shape index (κ2) is 5.52. The average molecular weight is 308 g/mol. The van der Waals surface area contributed by atoms with E-state index in [1.54, 1.807) is 4.57 Å². The lowest BCUT2D eigenvalue weighted by atomic mass is 10.4. The molecule has 0 saturated heterocycles. The highest BCUT2D eigenvalue weighted by Crippen LogP contribution is 2.37. The van der Waals surface area contributed by atoms with Crippen molar-refractivity contribution in [1.29, 1.82) is 0 Å². The first-order chi connectivity index (χ1) is 8.93. The zero-order chi connectivity index (χ0) is 14.0. The van der Waals surface area contributed by atoms with Crippen LogP contribution in [0.4, 0.5) is 0 Å². The Bertz CT molecular complexity index is 576. The first kappa shape index (κ1) is 14.4. The molecular formula is C11H14ClNO5S. The van der Waals surface area contributed by atoms with Crippen molar-refractivity contribution in [2.24, 2.45) is 0 Å². The van der Waals surface area contributed by atoms with Crippen molar-refractivity contribution in [3.8, 4) is 0 Å². The van der Waals surface area contributed by atoms with Gasteiger partial charge in [0.15, 0.2) is 0 Å². The van der Waals surface area contributed by atoms with Crippen LogP contribution in [0, 0.1) is 0 Å². The van der Waals surface area contributed by atoms with E-state index in [1.165, 1.54) is 19.4 Å². The van der Waals surface area contributed by atoms with Crippen LogP contribution in [-0.2, 0) is 18.5 Å². The van der Waals surface area contributed by atoms with Gasteiger partial charge in [-0.3, -0.25) is 0 Å². The highest BCUT2D eigenvalue weighted by atomic mass is 35.7. The minimum absolute atomic E-state index is 0.0836. The lowest BCUT2D eigenvalue weighted by molar-refractivity contribution is 0.0376. The molecule has 1 heterocycles. The van der Waals surface area contributed by atoms with E-state index in [9.17, 15) is 13.2 Å². The molecule has 0 aromatic carbocycles. The smallest absolute Gasteiger partial charge is 0.355 e. The minimum atomic E-state index is -3.85. The van der Waals surface area contributed by atoms with Crippen molar-refractivity contribution in [3.63, 3.8) is 0 Å². The largest absolute Gasteiger partial charge is 0.459 e. The zero-order valence-corrected chi connectivity index (χ0v) is 11.9. The second-order valence-corrected chi connectivity index (χ2v) is 6.83. The average Bonchev–Trinajstić information content (AvgIpc) is 3.06. The number of carbonyl (C=O) groups excluding carboxylic acids is 1. The molecule has 0 unspecified atom stereocenters. The normalized spacial score (nSPS) is 15.5. The van der Waals surface area contributed by atoms with Gasteiger partial charge in [0, 0.05) is 30.0 Å². The van der Waals surface area contributed by atoms with Crippen LogP contribution in [0.2, 0.25) is 0 Å². The van der Waals surface area contributed by atoms with Gasteiger partial charge >= 0.3 is 5.97 Å². The summed E-state index contributed by atoms with van der Waals surface area (Å²) in [7, 11) is 2.94. The number of esters is 1. The Morgan fingerprint density at radius 3 is 2.68 bits per heavy atom. The number of hydrogen-bond donors (Lipinski definition) is 0. The lowest BCUT2D eigenvalue weighted by Gasteiger charge is -2.07. The van der Waals surface area contributed by atoms with Crippen LogP contribution in [0.15, 0.2) is 17.2 Å². The predicted molar refractivity (Wildman–Crippen MR) is 67.9 cm³/mol. The van der Waals surface area contributed by atoms with Gasteiger partial charge in [-0.15, -0.1) is 0 Å². The van der Waals surface area contributed by atoms with E-state index < -0.39 is 15.0 Å². The molecule has 6 nitrogen and oxygen atoms in total. The number of hydrogen-bond acceptors (Lipinski definition) is 5. The molecule has 106 valence electrons. The molecule has 1 aliphatic carbocycles. The van der Waals surface area contributed by atoms with Gasteiger partial charge in [0.25, 0.3) is 9.05 Å². The van der Waals surface area contributed by atoms with E-state index in [0.29, 0.717) is 0 Å². The van der Waals surface area contributed by atoms with Crippen molar-refractivity contribution < 1.29 is 22.7 Å². The van der Waals surface area contributed by atoms with Crippen LogP contribution in [0.25, 0.3) is 0 Å². The van der Waals surface area contributed by atoms with Gasteiger partial charge in [-0.2, -0.15) is 0 Å². The maximum atomic E-state index is 11.9. The quantitative estimate of drug-likeness (QED) is 0.453. The summed E-state index contributed by atoms with van der Waals surface area (Å²) in [5.41, 5.74) is 0.206. The second-order valence-electron chi connectivity index (χ2n) is 4.27. The monoisotopic (exact) mass is 307 g/mol. The predicted octanol–water partition coefficient (Wildman–Crippen LogP) is 1.55. The molecular weight excluding hydrogens is 294 g/mol. The molecule has 1 aliphatic rings. The summed E-state index contributed by atoms with van der Waals surface area (Å²) in [4.78, 5) is 11.8. The van der Waals surface area contributed by atoms with E-state index in [1.807, 2.05) is 0 Å². The maximum absolute atomic E-state index is 11.9. The molecule has 1 saturated carbocycles. The third-order valence-electron chi connectivity index (χ3n) is 2.78. The van der Waals surface area contributed by atoms with Gasteiger partial charge in [0.1, 0.15) is 17.2 Å². The van der Waals surface area contributed by atoms with Crippen molar-refractivity contribution in [2.75, 3.05) is 20.3 Å². The maximum Gasteiger partial charge on any atom is 0.355 e. The number of carbonyl (C=O) groups is 1. The molecule has 1 aromatic rings. The van der Waals surface area contributed by atoms with Gasteiger partial charge in [-0.25, -0.2) is 13.2 Å².